The molecule has 2 rings (SSSR count). The van der Waals surface area contributed by atoms with Gasteiger partial charge >= 0.3 is 5.97 Å². The number of allylic oxidation sites excluding steroid dienone is 3. The molecule has 0 radical (unpaired) electrons. The molecule has 0 bridgehead atoms. The quantitative estimate of drug-likeness (QED) is 0.633. The van der Waals surface area contributed by atoms with E-state index in [4.69, 9.17) is 4.74 Å². The summed E-state index contributed by atoms with van der Waals surface area (Å²) in [7, 11) is 0. The van der Waals surface area contributed by atoms with Crippen LogP contribution in [-0.2, 0) is 14.3 Å². The van der Waals surface area contributed by atoms with E-state index in [0.29, 0.717) is 12.0 Å². The zero-order valence-electron chi connectivity index (χ0n) is 15.7. The molecule has 2 aliphatic carbocycles. The first-order valence-electron chi connectivity index (χ1n) is 8.82. The molecule has 1 saturated carbocycles. The molecule has 4 heteroatoms. The molecule has 4 atom stereocenters. The highest BCUT2D eigenvalue weighted by Gasteiger charge is 2.51. The van der Waals surface area contributed by atoms with Crippen LogP contribution in [0.15, 0.2) is 23.3 Å². The fourth-order valence-corrected chi connectivity index (χ4v) is 3.99. The maximum Gasteiger partial charge on any atom is 0.333 e. The average Bonchev–Trinajstić information content (AvgIpc) is 2.50. The Balaban J connectivity index is 2.27. The van der Waals surface area contributed by atoms with Crippen molar-refractivity contribution in [2.24, 2.45) is 17.3 Å². The zero-order chi connectivity index (χ0) is 18.3. The second-order valence-electron chi connectivity index (χ2n) is 8.14. The summed E-state index contributed by atoms with van der Waals surface area (Å²) in [5.74, 6) is -0.567. The Kier molecular flexibility index (Phi) is 5.10. The predicted octanol–water partition coefficient (Wildman–Crippen LogP) is 3.59. The minimum Gasteiger partial charge on any atom is -0.459 e. The number of fused-ring (bicyclic) bond motifs is 1. The summed E-state index contributed by atoms with van der Waals surface area (Å²) >= 11 is 0. The fraction of sp³-hybridized carbons (Fsp3) is 0.700. The zero-order valence-corrected chi connectivity index (χ0v) is 15.7. The van der Waals surface area contributed by atoms with E-state index in [-0.39, 0.29) is 29.2 Å². The van der Waals surface area contributed by atoms with Crippen LogP contribution >= 0.6 is 0 Å². The lowest BCUT2D eigenvalue weighted by atomic mass is 9.56. The molecule has 0 amide bonds. The molecule has 0 heterocycles. The third-order valence-electron chi connectivity index (χ3n) is 6.15. The summed E-state index contributed by atoms with van der Waals surface area (Å²) in [4.78, 5) is 24.5. The van der Waals surface area contributed by atoms with Crippen molar-refractivity contribution >= 4 is 11.8 Å². The van der Waals surface area contributed by atoms with Crippen LogP contribution in [0.3, 0.4) is 0 Å². The van der Waals surface area contributed by atoms with Gasteiger partial charge in [0.05, 0.1) is 11.5 Å². The van der Waals surface area contributed by atoms with Gasteiger partial charge in [-0.3, -0.25) is 4.79 Å². The molecule has 0 aromatic heterocycles. The Hall–Kier alpha value is -1.42. The van der Waals surface area contributed by atoms with E-state index in [2.05, 4.69) is 13.8 Å². The van der Waals surface area contributed by atoms with E-state index in [1.54, 1.807) is 32.9 Å². The maximum absolute atomic E-state index is 12.4. The van der Waals surface area contributed by atoms with Gasteiger partial charge in [-0.25, -0.2) is 4.79 Å². The summed E-state index contributed by atoms with van der Waals surface area (Å²) < 4.78 is 5.74. The van der Waals surface area contributed by atoms with Gasteiger partial charge in [-0.05, 0) is 58.4 Å². The monoisotopic (exact) mass is 334 g/mol. The third-order valence-corrected chi connectivity index (χ3v) is 6.15. The van der Waals surface area contributed by atoms with Crippen LogP contribution in [0.1, 0.15) is 60.8 Å². The molecule has 0 aromatic rings. The first-order chi connectivity index (χ1) is 11.0. The second kappa shape index (κ2) is 6.47. The van der Waals surface area contributed by atoms with Gasteiger partial charge in [-0.15, -0.1) is 0 Å². The molecule has 0 aliphatic heterocycles. The summed E-state index contributed by atoms with van der Waals surface area (Å²) in [6.07, 6.45) is 5.43. The van der Waals surface area contributed by atoms with Gasteiger partial charge < -0.3 is 9.84 Å². The van der Waals surface area contributed by atoms with E-state index in [1.165, 1.54) is 0 Å². The van der Waals surface area contributed by atoms with E-state index in [9.17, 15) is 14.7 Å². The molecule has 0 unspecified atom stereocenters. The van der Waals surface area contributed by atoms with E-state index in [1.807, 2.05) is 6.92 Å². The Morgan fingerprint density at radius 3 is 2.62 bits per heavy atom. The highest BCUT2D eigenvalue weighted by Crippen LogP contribution is 2.53. The van der Waals surface area contributed by atoms with Crippen LogP contribution in [-0.4, -0.2) is 28.6 Å². The highest BCUT2D eigenvalue weighted by molar-refractivity contribution is 5.94. The number of aliphatic hydroxyl groups is 1. The van der Waals surface area contributed by atoms with Crippen molar-refractivity contribution in [1.82, 2.24) is 0 Å². The molecule has 4 nitrogen and oxygen atoms in total. The fourth-order valence-electron chi connectivity index (χ4n) is 3.99. The minimum absolute atomic E-state index is 0.0161. The van der Waals surface area contributed by atoms with Crippen molar-refractivity contribution in [3.63, 3.8) is 0 Å². The van der Waals surface area contributed by atoms with Gasteiger partial charge in [0.1, 0.15) is 6.10 Å². The molecular formula is C20H30O4. The van der Waals surface area contributed by atoms with E-state index in [0.717, 1.165) is 18.4 Å². The van der Waals surface area contributed by atoms with Gasteiger partial charge in [-0.2, -0.15) is 0 Å². The van der Waals surface area contributed by atoms with Crippen LogP contribution in [0.2, 0.25) is 0 Å². The summed E-state index contributed by atoms with van der Waals surface area (Å²) in [6, 6.07) is 0. The molecule has 1 fully saturated rings. The van der Waals surface area contributed by atoms with Crippen molar-refractivity contribution < 1.29 is 19.4 Å². The lowest BCUT2D eigenvalue weighted by Gasteiger charge is -2.50. The summed E-state index contributed by atoms with van der Waals surface area (Å²) in [6.45, 7) is 11.2. The number of rotatable bonds is 3. The average molecular weight is 334 g/mol. The Morgan fingerprint density at radius 1 is 1.46 bits per heavy atom. The van der Waals surface area contributed by atoms with Crippen LogP contribution in [0.4, 0.5) is 0 Å². The van der Waals surface area contributed by atoms with Gasteiger partial charge in [0.25, 0.3) is 0 Å². The van der Waals surface area contributed by atoms with Gasteiger partial charge in [0.2, 0.25) is 0 Å². The molecular weight excluding hydrogens is 304 g/mol. The van der Waals surface area contributed by atoms with Gasteiger partial charge in [-0.1, -0.05) is 25.5 Å². The van der Waals surface area contributed by atoms with Gasteiger partial charge in [0.15, 0.2) is 5.78 Å². The number of hydrogen-bond acceptors (Lipinski definition) is 4. The van der Waals surface area contributed by atoms with Crippen LogP contribution in [0.25, 0.3) is 0 Å². The molecule has 24 heavy (non-hydrogen) atoms. The summed E-state index contributed by atoms with van der Waals surface area (Å²) in [5.41, 5.74) is 0.468. The molecule has 2 aliphatic rings. The number of carbonyl (C=O) groups is 2. The first-order valence-corrected chi connectivity index (χ1v) is 8.82. The Morgan fingerprint density at radius 2 is 2.08 bits per heavy atom. The van der Waals surface area contributed by atoms with Gasteiger partial charge in [0, 0.05) is 11.5 Å². The van der Waals surface area contributed by atoms with Crippen molar-refractivity contribution in [3.8, 4) is 0 Å². The maximum atomic E-state index is 12.4. The van der Waals surface area contributed by atoms with Crippen LogP contribution in [0.5, 0.6) is 0 Å². The molecule has 1 N–H and O–H groups in total. The number of carbonyl (C=O) groups excluding carboxylic acids is 2. The third kappa shape index (κ3) is 3.34. The smallest absolute Gasteiger partial charge is 0.333 e. The number of ether oxygens (including phenoxy) is 1. The van der Waals surface area contributed by atoms with Crippen LogP contribution < -0.4 is 0 Å². The standard InChI is InChI=1S/C20H30O4/c1-7-12(2)18(22)24-17-9-8-14-10-16(21)15(19(4,5)23)11-20(14,6)13(17)3/h7,10,13,15,17,23H,8-9,11H2,1-6H3/b12-7-/t13-,15+,17+,20+/m0/s1. The Bertz CT molecular complexity index is 593. The topological polar surface area (TPSA) is 63.6 Å². The van der Waals surface area contributed by atoms with Crippen molar-refractivity contribution in [3.05, 3.63) is 23.3 Å². The largest absolute Gasteiger partial charge is 0.459 e. The number of ketones is 1. The van der Waals surface area contributed by atoms with E-state index < -0.39 is 11.5 Å². The molecule has 0 saturated heterocycles. The normalized spacial score (nSPS) is 34.5. The first kappa shape index (κ1) is 18.9. The predicted molar refractivity (Wildman–Crippen MR) is 93.3 cm³/mol. The summed E-state index contributed by atoms with van der Waals surface area (Å²) in [5, 5.41) is 10.4. The number of hydrogen-bond donors (Lipinski definition) is 1. The van der Waals surface area contributed by atoms with Crippen LogP contribution in [0, 0.1) is 17.3 Å². The minimum atomic E-state index is -1.05. The lowest BCUT2D eigenvalue weighted by Crippen LogP contribution is -2.50. The molecule has 134 valence electrons. The second-order valence-corrected chi connectivity index (χ2v) is 8.14. The Labute approximate surface area is 145 Å². The lowest BCUT2D eigenvalue weighted by molar-refractivity contribution is -0.153. The van der Waals surface area contributed by atoms with Crippen molar-refractivity contribution in [1.29, 1.82) is 0 Å². The van der Waals surface area contributed by atoms with Crippen molar-refractivity contribution in [2.75, 3.05) is 0 Å². The highest BCUT2D eigenvalue weighted by atomic mass is 16.5. The molecule has 0 spiro atoms. The van der Waals surface area contributed by atoms with Crippen molar-refractivity contribution in [2.45, 2.75) is 72.5 Å². The number of esters is 1. The molecule has 0 aromatic carbocycles. The SMILES string of the molecule is C/C=C(/C)C(=O)O[C@@H]1CCC2=CC(=O)[C@H](C(C)(C)O)C[C@]2(C)[C@H]1C. The van der Waals surface area contributed by atoms with E-state index >= 15 is 0 Å².